The van der Waals surface area contributed by atoms with Gasteiger partial charge >= 0.3 is 0 Å². The molecule has 1 N–H and O–H groups in total. The topological polar surface area (TPSA) is 38.7 Å². The fraction of sp³-hybridized carbons (Fsp3) is 0.800. The highest BCUT2D eigenvalue weighted by Gasteiger charge is 1.85. The molecule has 3 heteroatoms. The smallest absolute Gasteiger partial charge is 0.146 e. The molecule has 0 aliphatic carbocycles. The molecule has 0 aliphatic heterocycles. The molecule has 0 aromatic carbocycles. The molecule has 0 amide bonds. The first-order valence-corrected chi connectivity index (χ1v) is 4.83. The van der Waals surface area contributed by atoms with E-state index in [-0.39, 0.29) is 6.61 Å². The van der Waals surface area contributed by atoms with Gasteiger partial charge in [-0.2, -0.15) is 0 Å². The molecular formula is C10H20O3. The molecule has 3 nitrogen and oxygen atoms in total. The fourth-order valence-corrected chi connectivity index (χ4v) is 0.783. The zero-order chi connectivity index (χ0) is 9.78. The number of aliphatic hydroxyl groups is 1. The fourth-order valence-electron chi connectivity index (χ4n) is 0.783. The molecule has 0 aromatic heterocycles. The van der Waals surface area contributed by atoms with Gasteiger partial charge in [0.1, 0.15) is 6.79 Å². The Morgan fingerprint density at radius 2 is 1.77 bits per heavy atom. The molecule has 0 unspecified atom stereocenters. The molecule has 0 aliphatic rings. The zero-order valence-electron chi connectivity index (χ0n) is 8.37. The van der Waals surface area contributed by atoms with Crippen molar-refractivity contribution in [3.05, 3.63) is 12.2 Å². The lowest BCUT2D eigenvalue weighted by Crippen LogP contribution is -2.01. The van der Waals surface area contributed by atoms with Crippen molar-refractivity contribution in [2.75, 3.05) is 26.6 Å². The maximum absolute atomic E-state index is 8.46. The van der Waals surface area contributed by atoms with Crippen molar-refractivity contribution in [1.29, 1.82) is 0 Å². The van der Waals surface area contributed by atoms with Crippen LogP contribution in [0.3, 0.4) is 0 Å². The van der Waals surface area contributed by atoms with Crippen molar-refractivity contribution in [1.82, 2.24) is 0 Å². The van der Waals surface area contributed by atoms with Gasteiger partial charge < -0.3 is 14.6 Å². The summed E-state index contributed by atoms with van der Waals surface area (Å²) in [6.07, 6.45) is 6.61. The quantitative estimate of drug-likeness (QED) is 0.340. The standard InChI is InChI=1S/C10H20O3/c1-2-8-12-10-13-9-6-4-3-5-7-11/h3-4,11H,2,5-10H2,1H3/b4-3+. The summed E-state index contributed by atoms with van der Waals surface area (Å²) in [7, 11) is 0. The molecule has 0 bridgehead atoms. The Morgan fingerprint density at radius 1 is 1.08 bits per heavy atom. The Kier molecular flexibility index (Phi) is 11.3. The Balaban J connectivity index is 2.91. The maximum Gasteiger partial charge on any atom is 0.146 e. The van der Waals surface area contributed by atoms with Crippen LogP contribution in [-0.2, 0) is 9.47 Å². The van der Waals surface area contributed by atoms with Crippen LogP contribution in [-0.4, -0.2) is 31.7 Å². The van der Waals surface area contributed by atoms with Crippen LogP contribution in [0.5, 0.6) is 0 Å². The van der Waals surface area contributed by atoms with Crippen molar-refractivity contribution in [2.24, 2.45) is 0 Å². The Bertz CT molecular complexity index is 113. The van der Waals surface area contributed by atoms with Crippen LogP contribution in [0.1, 0.15) is 26.2 Å². The van der Waals surface area contributed by atoms with Gasteiger partial charge in [0.2, 0.25) is 0 Å². The average Bonchev–Trinajstić information content (AvgIpc) is 2.16. The van der Waals surface area contributed by atoms with Crippen LogP contribution >= 0.6 is 0 Å². The van der Waals surface area contributed by atoms with E-state index in [1.54, 1.807) is 0 Å². The molecule has 0 radical (unpaired) electrons. The highest BCUT2D eigenvalue weighted by molar-refractivity contribution is 4.80. The van der Waals surface area contributed by atoms with Gasteiger partial charge in [-0.15, -0.1) is 0 Å². The van der Waals surface area contributed by atoms with Crippen LogP contribution < -0.4 is 0 Å². The van der Waals surface area contributed by atoms with Gasteiger partial charge in [0.15, 0.2) is 0 Å². The molecule has 13 heavy (non-hydrogen) atoms. The van der Waals surface area contributed by atoms with Crippen molar-refractivity contribution >= 4 is 0 Å². The van der Waals surface area contributed by atoms with E-state index >= 15 is 0 Å². The van der Waals surface area contributed by atoms with Gasteiger partial charge in [0.25, 0.3) is 0 Å². The first kappa shape index (κ1) is 12.6. The number of ether oxygens (including phenoxy) is 2. The third-order valence-electron chi connectivity index (χ3n) is 1.41. The van der Waals surface area contributed by atoms with Gasteiger partial charge in [-0.1, -0.05) is 19.1 Å². The van der Waals surface area contributed by atoms with Gasteiger partial charge in [-0.05, 0) is 19.3 Å². The molecule has 78 valence electrons. The van der Waals surface area contributed by atoms with E-state index in [1.165, 1.54) is 0 Å². The predicted octanol–water partition coefficient (Wildman–Crippen LogP) is 1.72. The Labute approximate surface area is 80.4 Å². The van der Waals surface area contributed by atoms with Crippen LogP contribution in [0.25, 0.3) is 0 Å². The monoisotopic (exact) mass is 188 g/mol. The van der Waals surface area contributed by atoms with E-state index in [0.717, 1.165) is 25.9 Å². The van der Waals surface area contributed by atoms with Gasteiger partial charge in [0.05, 0.1) is 6.61 Å². The number of hydrogen-bond acceptors (Lipinski definition) is 3. The predicted molar refractivity (Wildman–Crippen MR) is 52.5 cm³/mol. The van der Waals surface area contributed by atoms with Crippen molar-refractivity contribution in [3.8, 4) is 0 Å². The van der Waals surface area contributed by atoms with Crippen molar-refractivity contribution < 1.29 is 14.6 Å². The third-order valence-corrected chi connectivity index (χ3v) is 1.41. The summed E-state index contributed by atoms with van der Waals surface area (Å²) >= 11 is 0. The van der Waals surface area contributed by atoms with Crippen molar-refractivity contribution in [3.63, 3.8) is 0 Å². The Hall–Kier alpha value is -0.380. The van der Waals surface area contributed by atoms with Gasteiger partial charge in [-0.25, -0.2) is 0 Å². The summed E-state index contributed by atoms with van der Waals surface area (Å²) in [6, 6.07) is 0. The van der Waals surface area contributed by atoms with E-state index in [0.29, 0.717) is 13.4 Å². The normalized spacial score (nSPS) is 11.2. The lowest BCUT2D eigenvalue weighted by molar-refractivity contribution is -0.0519. The van der Waals surface area contributed by atoms with Gasteiger partial charge in [0, 0.05) is 13.2 Å². The molecule has 0 fully saturated rings. The second kappa shape index (κ2) is 11.6. The SMILES string of the molecule is CCCOCOCC/C=C/CCO. The summed E-state index contributed by atoms with van der Waals surface area (Å²) in [5.41, 5.74) is 0. The minimum Gasteiger partial charge on any atom is -0.396 e. The minimum absolute atomic E-state index is 0.219. The highest BCUT2D eigenvalue weighted by atomic mass is 16.7. The Morgan fingerprint density at radius 3 is 2.46 bits per heavy atom. The van der Waals surface area contributed by atoms with E-state index in [9.17, 15) is 0 Å². The summed E-state index contributed by atoms with van der Waals surface area (Å²) < 4.78 is 10.3. The molecule has 0 rings (SSSR count). The molecule has 0 saturated carbocycles. The van der Waals surface area contributed by atoms with Crippen LogP contribution in [0, 0.1) is 0 Å². The maximum atomic E-state index is 8.46. The average molecular weight is 188 g/mol. The van der Waals surface area contributed by atoms with Gasteiger partial charge in [-0.3, -0.25) is 0 Å². The van der Waals surface area contributed by atoms with Crippen LogP contribution in [0.2, 0.25) is 0 Å². The van der Waals surface area contributed by atoms with Crippen molar-refractivity contribution in [2.45, 2.75) is 26.2 Å². The molecule has 0 aromatic rings. The van der Waals surface area contributed by atoms with E-state index in [4.69, 9.17) is 14.6 Å². The lowest BCUT2D eigenvalue weighted by atomic mass is 10.3. The number of hydrogen-bond donors (Lipinski definition) is 1. The number of aliphatic hydroxyl groups excluding tert-OH is 1. The minimum atomic E-state index is 0.219. The largest absolute Gasteiger partial charge is 0.396 e. The second-order valence-corrected chi connectivity index (χ2v) is 2.71. The number of rotatable bonds is 9. The van der Waals surface area contributed by atoms with E-state index in [2.05, 4.69) is 6.92 Å². The summed E-state index contributed by atoms with van der Waals surface area (Å²) in [6.45, 7) is 4.13. The molecule has 0 spiro atoms. The second-order valence-electron chi connectivity index (χ2n) is 2.71. The zero-order valence-corrected chi connectivity index (χ0v) is 8.37. The molecular weight excluding hydrogens is 168 g/mol. The summed E-state index contributed by atoms with van der Waals surface area (Å²) in [5.74, 6) is 0. The first-order chi connectivity index (χ1) is 6.41. The first-order valence-electron chi connectivity index (χ1n) is 4.83. The van der Waals surface area contributed by atoms with E-state index in [1.807, 2.05) is 12.2 Å². The van der Waals surface area contributed by atoms with Crippen LogP contribution in [0.4, 0.5) is 0 Å². The lowest BCUT2D eigenvalue weighted by Gasteiger charge is -2.02. The van der Waals surface area contributed by atoms with E-state index < -0.39 is 0 Å². The highest BCUT2D eigenvalue weighted by Crippen LogP contribution is 1.89. The summed E-state index contributed by atoms with van der Waals surface area (Å²) in [4.78, 5) is 0. The molecule has 0 atom stereocenters. The van der Waals surface area contributed by atoms with Crippen LogP contribution in [0.15, 0.2) is 12.2 Å². The molecule has 0 saturated heterocycles. The summed E-state index contributed by atoms with van der Waals surface area (Å²) in [5, 5.41) is 8.46. The molecule has 0 heterocycles. The third kappa shape index (κ3) is 11.6.